The Morgan fingerprint density at radius 2 is 1.31 bits per heavy atom. The monoisotopic (exact) mass is 849 g/mol. The van der Waals surface area contributed by atoms with Crippen LogP contribution in [0.4, 0.5) is 22.8 Å². The van der Waals surface area contributed by atoms with Gasteiger partial charge in [0, 0.05) is 12.2 Å². The SMILES string of the molecule is C=C1[C@@H](c2ncc(-c3ccc(-c4ccc(-c5cnc([C@H](C)N(CCC)C(=O)[C@@H](NC(=O)OC)C(C)C)[nH]5)cc4)cc3)[nH]2)N(C(=O)[C@@H](NC(=O)OC)C(C)C)CN1CC(F)(F)F. The lowest BCUT2D eigenvalue weighted by Crippen LogP contribution is -2.52. The normalized spacial score (nSPS) is 15.8. The summed E-state index contributed by atoms with van der Waals surface area (Å²) >= 11 is 0. The first-order valence-electron chi connectivity index (χ1n) is 20.0. The molecule has 15 nitrogen and oxygen atoms in total. The van der Waals surface area contributed by atoms with Gasteiger partial charge in [-0.25, -0.2) is 19.6 Å². The van der Waals surface area contributed by atoms with Gasteiger partial charge in [-0.05, 0) is 47.4 Å². The Kier molecular flexibility index (Phi) is 14.5. The van der Waals surface area contributed by atoms with Crippen LogP contribution in [0.1, 0.15) is 71.7 Å². The Labute approximate surface area is 353 Å². The number of carbonyl (C=O) groups excluding carboxylic acids is 4. The first kappa shape index (κ1) is 45.7. The summed E-state index contributed by atoms with van der Waals surface area (Å²) < 4.78 is 50.2. The Balaban J connectivity index is 1.32. The van der Waals surface area contributed by atoms with Crippen molar-refractivity contribution >= 4 is 24.0 Å². The number of halogens is 3. The van der Waals surface area contributed by atoms with Gasteiger partial charge in [-0.3, -0.25) is 9.59 Å². The highest BCUT2D eigenvalue weighted by Gasteiger charge is 2.46. The molecular formula is C43H54F3N9O6. The minimum absolute atomic E-state index is 0.0326. The van der Waals surface area contributed by atoms with Gasteiger partial charge < -0.3 is 44.8 Å². The number of nitrogens with zero attached hydrogens (tertiary/aromatic N) is 5. The van der Waals surface area contributed by atoms with E-state index in [1.165, 1.54) is 12.0 Å². The van der Waals surface area contributed by atoms with Crippen molar-refractivity contribution in [2.75, 3.05) is 34.0 Å². The Morgan fingerprint density at radius 3 is 1.80 bits per heavy atom. The van der Waals surface area contributed by atoms with Crippen molar-refractivity contribution in [3.8, 4) is 33.6 Å². The Morgan fingerprint density at radius 1 is 0.820 bits per heavy atom. The van der Waals surface area contributed by atoms with E-state index in [-0.39, 0.29) is 23.3 Å². The van der Waals surface area contributed by atoms with E-state index in [1.54, 1.807) is 31.1 Å². The largest absolute Gasteiger partial charge is 0.453 e. The van der Waals surface area contributed by atoms with E-state index >= 15 is 0 Å². The van der Waals surface area contributed by atoms with Crippen molar-refractivity contribution in [2.24, 2.45) is 11.8 Å². The second-order valence-electron chi connectivity index (χ2n) is 15.6. The van der Waals surface area contributed by atoms with Gasteiger partial charge in [0.2, 0.25) is 11.8 Å². The first-order chi connectivity index (χ1) is 28.9. The third-order valence-corrected chi connectivity index (χ3v) is 10.6. The van der Waals surface area contributed by atoms with Gasteiger partial charge in [0.05, 0.1) is 50.7 Å². The number of aromatic nitrogens is 4. The van der Waals surface area contributed by atoms with Crippen LogP contribution in [0.15, 0.2) is 73.2 Å². The van der Waals surface area contributed by atoms with Crippen LogP contribution in [0, 0.1) is 11.8 Å². The van der Waals surface area contributed by atoms with E-state index in [1.807, 2.05) is 76.2 Å². The third-order valence-electron chi connectivity index (χ3n) is 10.6. The maximum atomic E-state index is 13.8. The first-order valence-corrected chi connectivity index (χ1v) is 20.0. The van der Waals surface area contributed by atoms with Gasteiger partial charge >= 0.3 is 18.4 Å². The van der Waals surface area contributed by atoms with E-state index in [2.05, 4.69) is 41.9 Å². The Bertz CT molecular complexity index is 2170. The maximum Gasteiger partial charge on any atom is 0.407 e. The van der Waals surface area contributed by atoms with Crippen LogP contribution >= 0.6 is 0 Å². The van der Waals surface area contributed by atoms with Crippen molar-refractivity contribution in [2.45, 2.75) is 78.3 Å². The van der Waals surface area contributed by atoms with Gasteiger partial charge in [-0.2, -0.15) is 13.2 Å². The number of methoxy groups -OCH3 is 2. The standard InChI is InChI=1S/C43H54F3N9O6/c1-10-19-54(39(56)34(24(2)3)51-41(58)60-8)27(7)37-47-20-32(49-37)30-15-11-28(12-16-30)29-13-17-31(18-14-29)33-21-48-38(50-33)36-26(6)53(22-43(44,45)46)23-55(36)40(57)35(25(4)5)52-42(59)61-9/h11-18,20-21,24-25,27,34-36H,6,10,19,22-23H2,1-5,7-9H3,(H,47,49)(H,48,50)(H,51,58)(H,52,59)/t27-,34-,35-,36-/m0/s1. The summed E-state index contributed by atoms with van der Waals surface area (Å²) in [6.45, 7) is 13.7. The van der Waals surface area contributed by atoms with E-state index in [4.69, 9.17) is 4.74 Å². The smallest absolute Gasteiger partial charge is 0.407 e. The molecule has 0 radical (unpaired) electrons. The predicted molar refractivity (Wildman–Crippen MR) is 222 cm³/mol. The lowest BCUT2D eigenvalue weighted by atomic mass is 10.0. The van der Waals surface area contributed by atoms with Gasteiger partial charge in [-0.15, -0.1) is 0 Å². The van der Waals surface area contributed by atoms with Crippen LogP contribution < -0.4 is 10.6 Å². The van der Waals surface area contributed by atoms with E-state index < -0.39 is 67.6 Å². The minimum atomic E-state index is -4.56. The molecule has 0 bridgehead atoms. The number of carbonyl (C=O) groups is 4. The molecule has 1 aliphatic heterocycles. The summed E-state index contributed by atoms with van der Waals surface area (Å²) in [5.41, 5.74) is 4.86. The molecule has 0 aliphatic carbocycles. The molecule has 5 rings (SSSR count). The molecule has 2 aromatic heterocycles. The van der Waals surface area contributed by atoms with Crippen LogP contribution in [0.3, 0.4) is 0 Å². The highest BCUT2D eigenvalue weighted by atomic mass is 19.4. The average molecular weight is 850 g/mol. The van der Waals surface area contributed by atoms with Crippen LogP contribution in [0.25, 0.3) is 33.6 Å². The number of imidazole rings is 2. The molecule has 61 heavy (non-hydrogen) atoms. The van der Waals surface area contributed by atoms with Crippen molar-refractivity contribution in [1.82, 2.24) is 45.3 Å². The zero-order chi connectivity index (χ0) is 44.8. The minimum Gasteiger partial charge on any atom is -0.453 e. The van der Waals surface area contributed by atoms with E-state index in [9.17, 15) is 32.3 Å². The molecule has 18 heteroatoms. The molecule has 0 spiro atoms. The number of ether oxygens (including phenoxy) is 2. The number of hydrogen-bond acceptors (Lipinski definition) is 9. The molecule has 4 N–H and O–H groups in total. The zero-order valence-corrected chi connectivity index (χ0v) is 35.6. The van der Waals surface area contributed by atoms with Crippen LogP contribution in [0.5, 0.6) is 0 Å². The number of benzene rings is 2. The van der Waals surface area contributed by atoms with E-state index in [0.29, 0.717) is 24.5 Å². The van der Waals surface area contributed by atoms with Crippen molar-refractivity contribution in [3.05, 3.63) is 84.8 Å². The van der Waals surface area contributed by atoms with Crippen molar-refractivity contribution in [3.63, 3.8) is 0 Å². The summed E-state index contributed by atoms with van der Waals surface area (Å²) in [6, 6.07) is 12.2. The molecule has 0 unspecified atom stereocenters. The number of nitrogens with one attached hydrogen (secondary N) is 4. The average Bonchev–Trinajstić information content (AvgIpc) is 3.99. The van der Waals surface area contributed by atoms with Crippen LogP contribution in [0.2, 0.25) is 0 Å². The second kappa shape index (κ2) is 19.4. The van der Waals surface area contributed by atoms with Gasteiger partial charge in [0.25, 0.3) is 0 Å². The molecule has 1 saturated heterocycles. The van der Waals surface area contributed by atoms with Gasteiger partial charge in [-0.1, -0.05) is 89.7 Å². The Hall–Kier alpha value is -6.33. The molecule has 0 saturated carbocycles. The molecule has 4 aromatic rings. The molecule has 2 aromatic carbocycles. The topological polar surface area (TPSA) is 178 Å². The molecular weight excluding hydrogens is 796 g/mol. The summed E-state index contributed by atoms with van der Waals surface area (Å²) in [7, 11) is 2.41. The number of aromatic amines is 2. The van der Waals surface area contributed by atoms with E-state index in [0.717, 1.165) is 40.0 Å². The summed E-state index contributed by atoms with van der Waals surface area (Å²) in [4.78, 5) is 71.1. The van der Waals surface area contributed by atoms with Crippen LogP contribution in [-0.2, 0) is 19.1 Å². The number of rotatable bonds is 15. The lowest BCUT2D eigenvalue weighted by Gasteiger charge is -2.33. The number of hydrogen-bond donors (Lipinski definition) is 4. The lowest BCUT2D eigenvalue weighted by molar-refractivity contribution is -0.146. The molecule has 1 fully saturated rings. The number of H-pyrrole nitrogens is 2. The molecule has 1 aliphatic rings. The summed E-state index contributed by atoms with van der Waals surface area (Å²) in [5.74, 6) is -0.591. The van der Waals surface area contributed by atoms with Gasteiger partial charge in [0.1, 0.15) is 36.3 Å². The van der Waals surface area contributed by atoms with Crippen molar-refractivity contribution < 1.29 is 41.8 Å². The highest BCUT2D eigenvalue weighted by molar-refractivity contribution is 5.87. The van der Waals surface area contributed by atoms with Gasteiger partial charge in [0.15, 0.2) is 0 Å². The maximum absolute atomic E-state index is 13.8. The molecule has 3 heterocycles. The second-order valence-corrected chi connectivity index (χ2v) is 15.6. The van der Waals surface area contributed by atoms with Crippen LogP contribution in [-0.4, -0.2) is 111 Å². The molecule has 4 amide bonds. The summed E-state index contributed by atoms with van der Waals surface area (Å²) in [6.07, 6.45) is -2.09. The zero-order valence-electron chi connectivity index (χ0n) is 35.6. The number of amides is 4. The van der Waals surface area contributed by atoms with Crippen molar-refractivity contribution in [1.29, 1.82) is 0 Å². The molecule has 328 valence electrons. The fraction of sp³-hybridized carbons (Fsp3) is 0.442. The number of alkyl carbamates (subject to hydrolysis) is 2. The number of alkyl halides is 3. The predicted octanol–water partition coefficient (Wildman–Crippen LogP) is 7.41. The highest BCUT2D eigenvalue weighted by Crippen LogP contribution is 2.38. The third kappa shape index (κ3) is 10.7. The quantitative estimate of drug-likeness (QED) is 0.0949. The molecule has 4 atom stereocenters. The fourth-order valence-electron chi connectivity index (χ4n) is 7.22. The fourth-order valence-corrected chi connectivity index (χ4v) is 7.22. The summed E-state index contributed by atoms with van der Waals surface area (Å²) in [5, 5.41) is 5.16.